The maximum Gasteiger partial charge on any atom is 0.409 e. The molecular weight excluding hydrogens is 374 g/mol. The van der Waals surface area contributed by atoms with E-state index in [1.165, 1.54) is 6.92 Å². The number of allylic oxidation sites excluding steroid dienone is 2. The lowest BCUT2D eigenvalue weighted by Crippen LogP contribution is -2.40. The number of nitriles is 1. The molecule has 1 atom stereocenters. The number of aliphatic imine (C=N–C) groups is 1. The highest BCUT2D eigenvalue weighted by Crippen LogP contribution is 2.39. The van der Waals surface area contributed by atoms with E-state index >= 15 is 0 Å². The average Bonchev–Trinajstić information content (AvgIpc) is 2.54. The van der Waals surface area contributed by atoms with Gasteiger partial charge in [-0.2, -0.15) is 22.7 Å². The van der Waals surface area contributed by atoms with Crippen molar-refractivity contribution in [1.82, 2.24) is 4.31 Å². The Morgan fingerprint density at radius 1 is 1.35 bits per heavy atom. The van der Waals surface area contributed by atoms with Crippen LogP contribution in [-0.4, -0.2) is 32.7 Å². The van der Waals surface area contributed by atoms with Crippen LogP contribution in [0, 0.1) is 17.1 Å². The molecule has 0 bridgehead atoms. The molecule has 0 N–H and O–H groups in total. The molecule has 0 radical (unpaired) electrons. The summed E-state index contributed by atoms with van der Waals surface area (Å²) in [6.45, 7) is 4.37. The maximum atomic E-state index is 13.5. The third-order valence-electron chi connectivity index (χ3n) is 3.29. The first-order valence-electron chi connectivity index (χ1n) is 6.99. The molecule has 1 aromatic carbocycles. The van der Waals surface area contributed by atoms with Crippen LogP contribution in [0.4, 0.5) is 17.6 Å². The zero-order valence-corrected chi connectivity index (χ0v) is 14.6. The molecule has 0 aromatic heterocycles. The van der Waals surface area contributed by atoms with Gasteiger partial charge in [0, 0.05) is 18.8 Å². The van der Waals surface area contributed by atoms with E-state index in [1.807, 2.05) is 0 Å². The van der Waals surface area contributed by atoms with E-state index in [0.717, 1.165) is 43.6 Å². The lowest BCUT2D eigenvalue weighted by atomic mass is 10.1. The smallest absolute Gasteiger partial charge is 0.271 e. The molecule has 0 amide bonds. The number of hydrogen-bond acceptors (Lipinski definition) is 4. The van der Waals surface area contributed by atoms with Crippen molar-refractivity contribution in [3.8, 4) is 6.07 Å². The summed E-state index contributed by atoms with van der Waals surface area (Å²) in [7, 11) is -3.95. The number of hydrogen-bond donors (Lipinski definition) is 0. The summed E-state index contributed by atoms with van der Waals surface area (Å²) in [5.74, 6) is -0.760. The predicted octanol–water partition coefficient (Wildman–Crippen LogP) is 3.70. The second kappa shape index (κ2) is 8.25. The van der Waals surface area contributed by atoms with Crippen LogP contribution >= 0.6 is 0 Å². The fourth-order valence-electron chi connectivity index (χ4n) is 2.07. The molecule has 0 aliphatic heterocycles. The van der Waals surface area contributed by atoms with Gasteiger partial charge in [0.2, 0.25) is 10.0 Å². The SMILES string of the molecule is C=N/C=C(\C=C(/C)C#N)S(=O)(=O)N(C)C(c1ccc(F)cc1)C(F)(F)F. The zero-order valence-electron chi connectivity index (χ0n) is 13.8. The molecule has 0 aliphatic carbocycles. The topological polar surface area (TPSA) is 73.5 Å². The van der Waals surface area contributed by atoms with Gasteiger partial charge in [-0.1, -0.05) is 12.1 Å². The number of halogens is 4. The molecule has 0 saturated carbocycles. The Hall–Kier alpha value is -2.51. The van der Waals surface area contributed by atoms with E-state index in [9.17, 15) is 26.0 Å². The Labute approximate surface area is 148 Å². The van der Waals surface area contributed by atoms with Crippen molar-refractivity contribution in [3.05, 3.63) is 58.4 Å². The molecule has 140 valence electrons. The lowest BCUT2D eigenvalue weighted by Gasteiger charge is -2.29. The van der Waals surface area contributed by atoms with Gasteiger partial charge in [-0.05, 0) is 37.4 Å². The van der Waals surface area contributed by atoms with Gasteiger partial charge in [-0.3, -0.25) is 4.99 Å². The van der Waals surface area contributed by atoms with Crippen molar-refractivity contribution in [2.45, 2.75) is 19.1 Å². The zero-order chi connectivity index (χ0) is 20.1. The summed E-state index contributed by atoms with van der Waals surface area (Å²) in [5, 5.41) is 8.78. The van der Waals surface area contributed by atoms with Gasteiger partial charge < -0.3 is 0 Å². The van der Waals surface area contributed by atoms with Crippen LogP contribution in [0.1, 0.15) is 18.5 Å². The fraction of sp³-hybridized carbons (Fsp3) is 0.250. The van der Waals surface area contributed by atoms with E-state index in [0.29, 0.717) is 0 Å². The minimum atomic E-state index is -4.97. The standard InChI is InChI=1S/C16H15F4N3O2S/c1-11(9-21)8-14(10-22-2)26(24,25)23(3)15(16(18,19)20)12-4-6-13(17)7-5-12/h4-8,10,15H,2H2,1,3H3/b11-8+,14-10+. The molecule has 0 aliphatic rings. The molecular formula is C16H15F4N3O2S. The predicted molar refractivity (Wildman–Crippen MR) is 88.9 cm³/mol. The lowest BCUT2D eigenvalue weighted by molar-refractivity contribution is -0.171. The van der Waals surface area contributed by atoms with Crippen LogP contribution < -0.4 is 0 Å². The second-order valence-corrected chi connectivity index (χ2v) is 7.17. The quantitative estimate of drug-likeness (QED) is 0.322. The Morgan fingerprint density at radius 3 is 2.31 bits per heavy atom. The van der Waals surface area contributed by atoms with E-state index in [-0.39, 0.29) is 9.88 Å². The summed E-state index contributed by atoms with van der Waals surface area (Å²) < 4.78 is 79.0. The summed E-state index contributed by atoms with van der Waals surface area (Å²) in [6.07, 6.45) is -3.34. The molecule has 1 aromatic rings. The number of sulfonamides is 1. The highest BCUT2D eigenvalue weighted by Gasteiger charge is 2.47. The molecule has 0 heterocycles. The van der Waals surface area contributed by atoms with Crippen molar-refractivity contribution in [2.75, 3.05) is 7.05 Å². The highest BCUT2D eigenvalue weighted by molar-refractivity contribution is 7.93. The normalized spacial score (nSPS) is 14.8. The van der Waals surface area contributed by atoms with E-state index in [2.05, 4.69) is 11.7 Å². The molecule has 10 heteroatoms. The second-order valence-electron chi connectivity index (χ2n) is 5.17. The Morgan fingerprint density at radius 2 is 1.88 bits per heavy atom. The van der Waals surface area contributed by atoms with Gasteiger partial charge in [-0.15, -0.1) is 0 Å². The first kappa shape index (κ1) is 21.5. The van der Waals surface area contributed by atoms with Crippen molar-refractivity contribution in [1.29, 1.82) is 5.26 Å². The summed E-state index contributed by atoms with van der Waals surface area (Å²) in [4.78, 5) is 2.64. The molecule has 0 spiro atoms. The summed E-state index contributed by atoms with van der Waals surface area (Å²) >= 11 is 0. The number of nitrogens with zero attached hydrogens (tertiary/aromatic N) is 3. The van der Waals surface area contributed by atoms with Crippen LogP contribution in [0.5, 0.6) is 0 Å². The van der Waals surface area contributed by atoms with Gasteiger partial charge in [0.1, 0.15) is 16.8 Å². The van der Waals surface area contributed by atoms with Crippen LogP contribution in [0.3, 0.4) is 0 Å². The van der Waals surface area contributed by atoms with Gasteiger partial charge in [-0.25, -0.2) is 12.8 Å². The van der Waals surface area contributed by atoms with Crippen LogP contribution in [0.2, 0.25) is 0 Å². The molecule has 26 heavy (non-hydrogen) atoms. The average molecular weight is 389 g/mol. The largest absolute Gasteiger partial charge is 0.409 e. The third-order valence-corrected chi connectivity index (χ3v) is 5.08. The van der Waals surface area contributed by atoms with Gasteiger partial charge in [0.05, 0.1) is 6.07 Å². The Balaban J connectivity index is 3.52. The monoisotopic (exact) mass is 389 g/mol. The van der Waals surface area contributed by atoms with Crippen LogP contribution in [-0.2, 0) is 10.0 Å². The van der Waals surface area contributed by atoms with Crippen molar-refractivity contribution in [2.24, 2.45) is 4.99 Å². The number of alkyl halides is 3. The Bertz CT molecular complexity index is 866. The number of rotatable bonds is 6. The van der Waals surface area contributed by atoms with E-state index < -0.39 is 38.5 Å². The van der Waals surface area contributed by atoms with E-state index in [1.54, 1.807) is 6.07 Å². The molecule has 0 fully saturated rings. The number of benzene rings is 1. The van der Waals surface area contributed by atoms with Gasteiger partial charge >= 0.3 is 6.18 Å². The summed E-state index contributed by atoms with van der Waals surface area (Å²) in [5.41, 5.74) is -0.515. The van der Waals surface area contributed by atoms with Crippen molar-refractivity contribution >= 4 is 16.7 Å². The molecule has 0 saturated heterocycles. The third kappa shape index (κ3) is 5.00. The first-order chi connectivity index (χ1) is 11.9. The first-order valence-corrected chi connectivity index (χ1v) is 8.43. The highest BCUT2D eigenvalue weighted by atomic mass is 32.2. The minimum Gasteiger partial charge on any atom is -0.271 e. The van der Waals surface area contributed by atoms with Gasteiger partial charge in [0.25, 0.3) is 0 Å². The summed E-state index contributed by atoms with van der Waals surface area (Å²) in [6, 6.07) is 2.42. The van der Waals surface area contributed by atoms with E-state index in [4.69, 9.17) is 5.26 Å². The van der Waals surface area contributed by atoms with Crippen molar-refractivity contribution < 1.29 is 26.0 Å². The van der Waals surface area contributed by atoms with Crippen molar-refractivity contribution in [3.63, 3.8) is 0 Å². The van der Waals surface area contributed by atoms with Crippen LogP contribution in [0.15, 0.2) is 52.0 Å². The molecule has 1 rings (SSSR count). The van der Waals surface area contributed by atoms with Gasteiger partial charge in [0.15, 0.2) is 0 Å². The minimum absolute atomic E-state index is 0.0535. The molecule has 1 unspecified atom stereocenters. The van der Waals surface area contributed by atoms with Crippen LogP contribution in [0.25, 0.3) is 0 Å². The molecule has 5 nitrogen and oxygen atoms in total. The maximum absolute atomic E-state index is 13.5. The fourth-order valence-corrected chi connectivity index (χ4v) is 3.45. The Kier molecular flexibility index (Phi) is 6.83.